The lowest BCUT2D eigenvalue weighted by Crippen LogP contribution is -2.17. The van der Waals surface area contributed by atoms with Crippen LogP contribution in [0.4, 0.5) is 11.4 Å². The van der Waals surface area contributed by atoms with Gasteiger partial charge in [0.15, 0.2) is 0 Å². The van der Waals surface area contributed by atoms with Gasteiger partial charge in [-0.25, -0.2) is 4.98 Å². The van der Waals surface area contributed by atoms with Crippen LogP contribution in [0.2, 0.25) is 0 Å². The molecule has 0 aliphatic carbocycles. The van der Waals surface area contributed by atoms with Crippen LogP contribution in [0.1, 0.15) is 16.2 Å². The van der Waals surface area contributed by atoms with Crippen molar-refractivity contribution in [2.24, 2.45) is 0 Å². The van der Waals surface area contributed by atoms with E-state index in [1.165, 1.54) is 0 Å². The van der Waals surface area contributed by atoms with Crippen molar-refractivity contribution < 1.29 is 4.79 Å². The lowest BCUT2D eigenvalue weighted by Gasteiger charge is -2.14. The SMILES string of the molecule is Cc1ncc(-c2ccccc2)nc1C(=O)Nc1cccc(N(C)C)c1. The second kappa shape index (κ2) is 7.13. The van der Waals surface area contributed by atoms with Crippen LogP contribution < -0.4 is 10.2 Å². The minimum absolute atomic E-state index is 0.265. The van der Waals surface area contributed by atoms with Crippen molar-refractivity contribution in [3.63, 3.8) is 0 Å². The molecule has 5 heteroatoms. The Labute approximate surface area is 147 Å². The number of hydrogen-bond acceptors (Lipinski definition) is 4. The van der Waals surface area contributed by atoms with Gasteiger partial charge in [0.2, 0.25) is 0 Å². The van der Waals surface area contributed by atoms with Gasteiger partial charge in [-0.2, -0.15) is 0 Å². The highest BCUT2D eigenvalue weighted by atomic mass is 16.1. The Hall–Kier alpha value is -3.21. The van der Waals surface area contributed by atoms with Crippen molar-refractivity contribution in [1.82, 2.24) is 9.97 Å². The molecule has 2 aromatic carbocycles. The fraction of sp³-hybridized carbons (Fsp3) is 0.150. The van der Waals surface area contributed by atoms with Crippen molar-refractivity contribution in [3.05, 3.63) is 72.2 Å². The van der Waals surface area contributed by atoms with E-state index in [4.69, 9.17) is 0 Å². The first-order valence-electron chi connectivity index (χ1n) is 8.02. The number of nitrogens with one attached hydrogen (secondary N) is 1. The summed E-state index contributed by atoms with van der Waals surface area (Å²) in [7, 11) is 3.92. The first-order chi connectivity index (χ1) is 12.0. The molecular formula is C20H20N4O. The molecule has 5 nitrogen and oxygen atoms in total. The number of amides is 1. The summed E-state index contributed by atoms with van der Waals surface area (Å²) in [6, 6.07) is 17.4. The Morgan fingerprint density at radius 3 is 2.52 bits per heavy atom. The molecule has 1 N–H and O–H groups in total. The van der Waals surface area contributed by atoms with Crippen LogP contribution >= 0.6 is 0 Å². The number of nitrogens with zero attached hydrogens (tertiary/aromatic N) is 3. The lowest BCUT2D eigenvalue weighted by atomic mass is 10.1. The summed E-state index contributed by atoms with van der Waals surface area (Å²) < 4.78 is 0. The summed E-state index contributed by atoms with van der Waals surface area (Å²) >= 11 is 0. The monoisotopic (exact) mass is 332 g/mol. The second-order valence-electron chi connectivity index (χ2n) is 5.95. The molecule has 3 aromatic rings. The van der Waals surface area contributed by atoms with Gasteiger partial charge in [-0.3, -0.25) is 9.78 Å². The fourth-order valence-electron chi connectivity index (χ4n) is 2.46. The molecule has 25 heavy (non-hydrogen) atoms. The quantitative estimate of drug-likeness (QED) is 0.790. The highest BCUT2D eigenvalue weighted by Crippen LogP contribution is 2.20. The van der Waals surface area contributed by atoms with E-state index in [0.29, 0.717) is 17.1 Å². The van der Waals surface area contributed by atoms with Gasteiger partial charge in [0.1, 0.15) is 5.69 Å². The summed E-state index contributed by atoms with van der Waals surface area (Å²) in [4.78, 5) is 23.5. The van der Waals surface area contributed by atoms with Crippen LogP contribution in [0.3, 0.4) is 0 Å². The van der Waals surface area contributed by atoms with Gasteiger partial charge in [0.25, 0.3) is 5.91 Å². The van der Waals surface area contributed by atoms with Gasteiger partial charge in [-0.05, 0) is 25.1 Å². The summed E-state index contributed by atoms with van der Waals surface area (Å²) in [6.45, 7) is 1.78. The van der Waals surface area contributed by atoms with E-state index in [1.807, 2.05) is 73.6 Å². The van der Waals surface area contributed by atoms with Gasteiger partial charge in [-0.15, -0.1) is 0 Å². The zero-order chi connectivity index (χ0) is 17.8. The third-order valence-corrected chi connectivity index (χ3v) is 3.86. The molecule has 0 saturated heterocycles. The first-order valence-corrected chi connectivity index (χ1v) is 8.02. The summed E-state index contributed by atoms with van der Waals surface area (Å²) in [5.74, 6) is -0.265. The van der Waals surface area contributed by atoms with Gasteiger partial charge in [0, 0.05) is 31.0 Å². The van der Waals surface area contributed by atoms with Gasteiger partial charge >= 0.3 is 0 Å². The Morgan fingerprint density at radius 1 is 1.04 bits per heavy atom. The lowest BCUT2D eigenvalue weighted by molar-refractivity contribution is 0.102. The molecule has 0 radical (unpaired) electrons. The minimum atomic E-state index is -0.265. The van der Waals surface area contributed by atoms with E-state index < -0.39 is 0 Å². The van der Waals surface area contributed by atoms with Gasteiger partial charge in [0.05, 0.1) is 17.6 Å². The molecule has 0 atom stereocenters. The zero-order valence-corrected chi connectivity index (χ0v) is 14.5. The summed E-state index contributed by atoms with van der Waals surface area (Å²) in [6.07, 6.45) is 1.69. The van der Waals surface area contributed by atoms with Gasteiger partial charge < -0.3 is 10.2 Å². The van der Waals surface area contributed by atoms with Crippen LogP contribution in [0.5, 0.6) is 0 Å². The second-order valence-corrected chi connectivity index (χ2v) is 5.95. The average molecular weight is 332 g/mol. The molecule has 0 spiro atoms. The van der Waals surface area contributed by atoms with Crippen LogP contribution in [-0.4, -0.2) is 30.0 Å². The molecule has 0 saturated carbocycles. The summed E-state index contributed by atoms with van der Waals surface area (Å²) in [5, 5.41) is 2.90. The molecule has 1 amide bonds. The molecule has 0 fully saturated rings. The third kappa shape index (κ3) is 3.83. The fourth-order valence-corrected chi connectivity index (χ4v) is 2.46. The van der Waals surface area contributed by atoms with E-state index in [0.717, 1.165) is 16.9 Å². The van der Waals surface area contributed by atoms with Crippen molar-refractivity contribution in [2.75, 3.05) is 24.3 Å². The van der Waals surface area contributed by atoms with E-state index in [1.54, 1.807) is 13.1 Å². The number of aromatic nitrogens is 2. The Kier molecular flexibility index (Phi) is 4.75. The van der Waals surface area contributed by atoms with E-state index >= 15 is 0 Å². The highest BCUT2D eigenvalue weighted by Gasteiger charge is 2.14. The largest absolute Gasteiger partial charge is 0.378 e. The first kappa shape index (κ1) is 16.6. The molecule has 0 aliphatic rings. The maximum Gasteiger partial charge on any atom is 0.276 e. The molecule has 0 aliphatic heterocycles. The number of hydrogen-bond donors (Lipinski definition) is 1. The predicted octanol–water partition coefficient (Wildman–Crippen LogP) is 3.77. The molecule has 1 aromatic heterocycles. The Bertz CT molecular complexity index is 891. The van der Waals surface area contributed by atoms with Crippen molar-refractivity contribution >= 4 is 17.3 Å². The van der Waals surface area contributed by atoms with Crippen LogP contribution in [0.25, 0.3) is 11.3 Å². The maximum absolute atomic E-state index is 12.7. The van der Waals surface area contributed by atoms with Crippen molar-refractivity contribution in [1.29, 1.82) is 0 Å². The smallest absolute Gasteiger partial charge is 0.276 e. The van der Waals surface area contributed by atoms with Crippen LogP contribution in [-0.2, 0) is 0 Å². The molecular weight excluding hydrogens is 312 g/mol. The number of carbonyl (C=O) groups excluding carboxylic acids is 1. The van der Waals surface area contributed by atoms with E-state index in [-0.39, 0.29) is 5.91 Å². The number of rotatable bonds is 4. The number of benzene rings is 2. The van der Waals surface area contributed by atoms with E-state index in [2.05, 4.69) is 15.3 Å². The predicted molar refractivity (Wildman–Crippen MR) is 101 cm³/mol. The minimum Gasteiger partial charge on any atom is -0.378 e. The van der Waals surface area contributed by atoms with E-state index in [9.17, 15) is 4.79 Å². The third-order valence-electron chi connectivity index (χ3n) is 3.86. The van der Waals surface area contributed by atoms with Crippen LogP contribution in [0, 0.1) is 6.92 Å². The van der Waals surface area contributed by atoms with Gasteiger partial charge in [-0.1, -0.05) is 36.4 Å². The topological polar surface area (TPSA) is 58.1 Å². The molecule has 0 bridgehead atoms. The number of aryl methyl sites for hydroxylation is 1. The van der Waals surface area contributed by atoms with Crippen molar-refractivity contribution in [2.45, 2.75) is 6.92 Å². The number of carbonyl (C=O) groups is 1. The molecule has 0 unspecified atom stereocenters. The Balaban J connectivity index is 1.88. The van der Waals surface area contributed by atoms with Crippen molar-refractivity contribution in [3.8, 4) is 11.3 Å². The maximum atomic E-state index is 12.7. The standard InChI is InChI=1S/C20H20N4O/c1-14-19(23-18(13-21-14)15-8-5-4-6-9-15)20(25)22-16-10-7-11-17(12-16)24(2)3/h4-13H,1-3H3,(H,22,25). The average Bonchev–Trinajstić information content (AvgIpc) is 2.63. The molecule has 1 heterocycles. The molecule has 126 valence electrons. The van der Waals surface area contributed by atoms with Crippen LogP contribution in [0.15, 0.2) is 60.8 Å². The zero-order valence-electron chi connectivity index (χ0n) is 14.5. The highest BCUT2D eigenvalue weighted by molar-refractivity contribution is 6.04. The number of anilines is 2. The summed E-state index contributed by atoms with van der Waals surface area (Å²) in [5.41, 5.74) is 4.27. The molecule has 3 rings (SSSR count). The normalized spacial score (nSPS) is 10.4. The Morgan fingerprint density at radius 2 is 1.80 bits per heavy atom.